The van der Waals surface area contributed by atoms with E-state index >= 15 is 0 Å². The van der Waals surface area contributed by atoms with Crippen molar-refractivity contribution in [3.63, 3.8) is 0 Å². The molecule has 2 aromatic rings. The van der Waals surface area contributed by atoms with Gasteiger partial charge in [-0.05, 0) is 43.7 Å². The second-order valence-electron chi connectivity index (χ2n) is 7.88. The number of hydrogen-bond donors (Lipinski definition) is 1. The Kier molecular flexibility index (Phi) is 8.46. The van der Waals surface area contributed by atoms with Crippen LogP contribution in [0.25, 0.3) is 0 Å². The van der Waals surface area contributed by atoms with Gasteiger partial charge in [0.25, 0.3) is 0 Å². The number of ether oxygens (including phenoxy) is 2. The Balaban J connectivity index is 1.41. The summed E-state index contributed by atoms with van der Waals surface area (Å²) in [6.07, 6.45) is 8.66. The first-order chi connectivity index (χ1) is 15.0. The van der Waals surface area contributed by atoms with Crippen molar-refractivity contribution in [2.24, 2.45) is 0 Å². The molecule has 2 heterocycles. The molecule has 1 atom stereocenters. The number of para-hydroxylation sites is 1. The molecule has 1 aromatic heterocycles. The Morgan fingerprint density at radius 2 is 2.16 bits per heavy atom. The number of likely N-dealkylation sites (N-methyl/N-ethyl adjacent to an activating group) is 1. The SMILES string of the molecule is COc1ccccc1CCC(=O)Nc1cnn(CC(=O)N(C)CC[C@@H]2CCCCO2)c1. The number of aryl methyl sites for hydroxylation is 1. The van der Waals surface area contributed by atoms with Crippen molar-refractivity contribution >= 4 is 17.5 Å². The number of nitrogens with one attached hydrogen (secondary N) is 1. The number of benzene rings is 1. The Labute approximate surface area is 183 Å². The number of aromatic nitrogens is 2. The first kappa shape index (κ1) is 22.8. The molecule has 1 aliphatic rings. The van der Waals surface area contributed by atoms with Gasteiger partial charge >= 0.3 is 0 Å². The zero-order valence-corrected chi connectivity index (χ0v) is 18.4. The summed E-state index contributed by atoms with van der Waals surface area (Å²) in [5.41, 5.74) is 1.57. The summed E-state index contributed by atoms with van der Waals surface area (Å²) in [6, 6.07) is 7.66. The topological polar surface area (TPSA) is 85.7 Å². The normalized spacial score (nSPS) is 16.0. The summed E-state index contributed by atoms with van der Waals surface area (Å²) < 4.78 is 12.6. The molecule has 0 unspecified atom stereocenters. The van der Waals surface area contributed by atoms with E-state index in [-0.39, 0.29) is 24.5 Å². The smallest absolute Gasteiger partial charge is 0.244 e. The Bertz CT molecular complexity index is 861. The number of carbonyl (C=O) groups is 2. The number of carbonyl (C=O) groups excluding carboxylic acids is 2. The van der Waals surface area contributed by atoms with E-state index in [2.05, 4.69) is 10.4 Å². The standard InChI is InChI=1S/C23H32N4O4/c1-26(13-12-20-8-5-6-14-31-20)23(29)17-27-16-19(15-24-27)25-22(28)11-10-18-7-3-4-9-21(18)30-2/h3-4,7,9,15-16,20H,5-6,8,10-14,17H2,1-2H3,(H,25,28)/t20-/m0/s1. The summed E-state index contributed by atoms with van der Waals surface area (Å²) in [5.74, 6) is 0.648. The number of hydrogen-bond acceptors (Lipinski definition) is 5. The highest BCUT2D eigenvalue weighted by molar-refractivity contribution is 5.90. The molecule has 0 radical (unpaired) electrons. The molecule has 31 heavy (non-hydrogen) atoms. The van der Waals surface area contributed by atoms with Crippen molar-refractivity contribution in [3.05, 3.63) is 42.2 Å². The summed E-state index contributed by atoms with van der Waals surface area (Å²) >= 11 is 0. The predicted octanol–water partition coefficient (Wildman–Crippen LogP) is 2.88. The second kappa shape index (κ2) is 11.5. The van der Waals surface area contributed by atoms with Crippen LogP contribution in [0.15, 0.2) is 36.7 Å². The van der Waals surface area contributed by atoms with Gasteiger partial charge in [-0.25, -0.2) is 0 Å². The maximum Gasteiger partial charge on any atom is 0.244 e. The number of anilines is 1. The molecule has 1 aliphatic heterocycles. The van der Waals surface area contributed by atoms with Gasteiger partial charge in [0.15, 0.2) is 0 Å². The molecule has 0 bridgehead atoms. The van der Waals surface area contributed by atoms with Crippen molar-refractivity contribution in [1.82, 2.24) is 14.7 Å². The van der Waals surface area contributed by atoms with Crippen LogP contribution in [-0.4, -0.2) is 59.9 Å². The monoisotopic (exact) mass is 428 g/mol. The van der Waals surface area contributed by atoms with E-state index in [1.54, 1.807) is 36.1 Å². The highest BCUT2D eigenvalue weighted by atomic mass is 16.5. The number of methoxy groups -OCH3 is 1. The maximum absolute atomic E-state index is 12.5. The van der Waals surface area contributed by atoms with Crippen molar-refractivity contribution in [1.29, 1.82) is 0 Å². The number of amides is 2. The fraction of sp³-hybridized carbons (Fsp3) is 0.522. The van der Waals surface area contributed by atoms with Gasteiger partial charge in [0.2, 0.25) is 11.8 Å². The van der Waals surface area contributed by atoms with Crippen molar-refractivity contribution in [2.75, 3.05) is 32.6 Å². The molecule has 0 aliphatic carbocycles. The fourth-order valence-electron chi connectivity index (χ4n) is 3.65. The zero-order chi connectivity index (χ0) is 22.1. The minimum absolute atomic E-state index is 0.0204. The van der Waals surface area contributed by atoms with Gasteiger partial charge in [-0.2, -0.15) is 5.10 Å². The Morgan fingerprint density at radius 1 is 1.32 bits per heavy atom. The van der Waals surface area contributed by atoms with E-state index in [4.69, 9.17) is 9.47 Å². The number of rotatable bonds is 10. The average molecular weight is 429 g/mol. The zero-order valence-electron chi connectivity index (χ0n) is 18.4. The average Bonchev–Trinajstić information content (AvgIpc) is 3.23. The minimum Gasteiger partial charge on any atom is -0.496 e. The van der Waals surface area contributed by atoms with E-state index in [1.165, 1.54) is 6.42 Å². The van der Waals surface area contributed by atoms with Crippen molar-refractivity contribution < 1.29 is 19.1 Å². The van der Waals surface area contributed by atoms with Crippen molar-refractivity contribution in [3.8, 4) is 5.75 Å². The first-order valence-corrected chi connectivity index (χ1v) is 10.8. The molecule has 0 saturated carbocycles. The van der Waals surface area contributed by atoms with Gasteiger partial charge in [-0.3, -0.25) is 14.3 Å². The summed E-state index contributed by atoms with van der Waals surface area (Å²) in [6.45, 7) is 1.62. The minimum atomic E-state index is -0.110. The highest BCUT2D eigenvalue weighted by Crippen LogP contribution is 2.19. The lowest BCUT2D eigenvalue weighted by Gasteiger charge is -2.25. The van der Waals surface area contributed by atoms with Gasteiger partial charge in [0, 0.05) is 32.8 Å². The second-order valence-corrected chi connectivity index (χ2v) is 7.88. The van der Waals surface area contributed by atoms with Gasteiger partial charge < -0.3 is 19.7 Å². The van der Waals surface area contributed by atoms with Crippen LogP contribution in [0.4, 0.5) is 5.69 Å². The predicted molar refractivity (Wildman–Crippen MR) is 118 cm³/mol. The summed E-state index contributed by atoms with van der Waals surface area (Å²) in [7, 11) is 3.42. The molecule has 1 N–H and O–H groups in total. The van der Waals surface area contributed by atoms with E-state index in [0.717, 1.165) is 37.2 Å². The van der Waals surface area contributed by atoms with Crippen molar-refractivity contribution in [2.45, 2.75) is 51.2 Å². The first-order valence-electron chi connectivity index (χ1n) is 10.8. The largest absolute Gasteiger partial charge is 0.496 e. The lowest BCUT2D eigenvalue weighted by Crippen LogP contribution is -2.33. The molecular formula is C23H32N4O4. The highest BCUT2D eigenvalue weighted by Gasteiger charge is 2.17. The third-order valence-electron chi connectivity index (χ3n) is 5.51. The molecule has 2 amide bonds. The molecular weight excluding hydrogens is 396 g/mol. The van der Waals surface area contributed by atoms with E-state index in [0.29, 0.717) is 25.1 Å². The molecule has 1 aromatic carbocycles. The third kappa shape index (κ3) is 7.10. The summed E-state index contributed by atoms with van der Waals surface area (Å²) in [5, 5.41) is 7.03. The van der Waals surface area contributed by atoms with E-state index < -0.39 is 0 Å². The quantitative estimate of drug-likeness (QED) is 0.629. The maximum atomic E-state index is 12.5. The lowest BCUT2D eigenvalue weighted by molar-refractivity contribution is -0.131. The molecule has 3 rings (SSSR count). The molecule has 8 heteroatoms. The third-order valence-corrected chi connectivity index (χ3v) is 5.51. The van der Waals surface area contributed by atoms with Crippen LogP contribution in [0.3, 0.4) is 0 Å². The fourth-order valence-corrected chi connectivity index (χ4v) is 3.65. The molecule has 168 valence electrons. The van der Waals surface area contributed by atoms with Crippen LogP contribution >= 0.6 is 0 Å². The van der Waals surface area contributed by atoms with Crippen LogP contribution < -0.4 is 10.1 Å². The Hall–Kier alpha value is -2.87. The molecule has 0 spiro atoms. The number of nitrogens with zero attached hydrogens (tertiary/aromatic N) is 3. The van der Waals surface area contributed by atoms with Crippen LogP contribution in [0.2, 0.25) is 0 Å². The van der Waals surface area contributed by atoms with Gasteiger partial charge in [-0.1, -0.05) is 18.2 Å². The lowest BCUT2D eigenvalue weighted by atomic mass is 10.1. The van der Waals surface area contributed by atoms with Gasteiger partial charge in [0.05, 0.1) is 25.1 Å². The molecule has 1 fully saturated rings. The Morgan fingerprint density at radius 3 is 2.94 bits per heavy atom. The van der Waals surface area contributed by atoms with Crippen LogP contribution in [0.5, 0.6) is 5.75 Å². The van der Waals surface area contributed by atoms with Crippen LogP contribution in [0.1, 0.15) is 37.7 Å². The molecule has 1 saturated heterocycles. The van der Waals surface area contributed by atoms with Gasteiger partial charge in [0.1, 0.15) is 12.3 Å². The van der Waals surface area contributed by atoms with Gasteiger partial charge in [-0.15, -0.1) is 0 Å². The summed E-state index contributed by atoms with van der Waals surface area (Å²) in [4.78, 5) is 26.5. The molecule has 8 nitrogen and oxygen atoms in total. The van der Waals surface area contributed by atoms with E-state index in [1.807, 2.05) is 24.3 Å². The van der Waals surface area contributed by atoms with Crippen LogP contribution in [0, 0.1) is 0 Å². The van der Waals surface area contributed by atoms with Crippen LogP contribution in [-0.2, 0) is 27.3 Å². The van der Waals surface area contributed by atoms with E-state index in [9.17, 15) is 9.59 Å².